The van der Waals surface area contributed by atoms with Crippen LogP contribution in [-0.4, -0.2) is 15.5 Å². The van der Waals surface area contributed by atoms with Gasteiger partial charge in [-0.15, -0.1) is 0 Å². The van der Waals surface area contributed by atoms with Crippen molar-refractivity contribution in [1.29, 1.82) is 0 Å². The molecule has 3 heteroatoms. The summed E-state index contributed by atoms with van der Waals surface area (Å²) in [6.07, 6.45) is 5.57. The van der Waals surface area contributed by atoms with Crippen LogP contribution in [0.2, 0.25) is 0 Å². The number of hydrogen-bond donors (Lipinski definition) is 1. The maximum Gasteiger partial charge on any atom is 0.0576 e. The Balaban J connectivity index is 2.16. The number of benzene rings is 1. The van der Waals surface area contributed by atoms with Crippen LogP contribution in [0.25, 0.3) is 0 Å². The lowest BCUT2D eigenvalue weighted by Gasteiger charge is -2.22. The van der Waals surface area contributed by atoms with E-state index in [1.807, 2.05) is 12.1 Å². The Morgan fingerprint density at radius 2 is 1.65 bits per heavy atom. The van der Waals surface area contributed by atoms with Crippen molar-refractivity contribution in [2.24, 2.45) is 5.73 Å². The summed E-state index contributed by atoms with van der Waals surface area (Å²) in [6.45, 7) is 6.58. The second-order valence-electron chi connectivity index (χ2n) is 6.91. The van der Waals surface area contributed by atoms with E-state index in [0.29, 0.717) is 0 Å². The smallest absolute Gasteiger partial charge is 0.0576 e. The van der Waals surface area contributed by atoms with E-state index in [-0.39, 0.29) is 16.7 Å². The molecule has 0 amide bonds. The molecule has 1 aliphatic rings. The third-order valence-corrected chi connectivity index (χ3v) is 6.10. The predicted octanol–water partition coefficient (Wildman–Crippen LogP) is 3.75. The fourth-order valence-electron chi connectivity index (χ4n) is 2.83. The summed E-state index contributed by atoms with van der Waals surface area (Å²) in [6, 6.07) is 8.34. The molecular formula is C17H27NOS. The van der Waals surface area contributed by atoms with Crippen LogP contribution in [0.15, 0.2) is 29.2 Å². The Labute approximate surface area is 125 Å². The van der Waals surface area contributed by atoms with Crippen molar-refractivity contribution in [2.75, 3.05) is 0 Å². The zero-order valence-electron chi connectivity index (χ0n) is 12.9. The first-order valence-corrected chi connectivity index (χ1v) is 8.87. The van der Waals surface area contributed by atoms with Gasteiger partial charge < -0.3 is 5.73 Å². The molecule has 1 aromatic carbocycles. The molecule has 0 saturated heterocycles. The van der Waals surface area contributed by atoms with Crippen molar-refractivity contribution < 1.29 is 4.21 Å². The van der Waals surface area contributed by atoms with E-state index < -0.39 is 10.8 Å². The summed E-state index contributed by atoms with van der Waals surface area (Å²) in [4.78, 5) is 0.931. The molecule has 1 fully saturated rings. The molecule has 3 unspecified atom stereocenters. The minimum Gasteiger partial charge on any atom is -0.327 e. The summed E-state index contributed by atoms with van der Waals surface area (Å²) in [5.41, 5.74) is 7.64. The minimum absolute atomic E-state index is 0.0839. The van der Waals surface area contributed by atoms with Gasteiger partial charge >= 0.3 is 0 Å². The predicted molar refractivity (Wildman–Crippen MR) is 86.4 cm³/mol. The third-order valence-electron chi connectivity index (χ3n) is 4.23. The van der Waals surface area contributed by atoms with Crippen molar-refractivity contribution >= 4 is 10.8 Å². The first-order chi connectivity index (χ1) is 9.39. The molecule has 1 aromatic rings. The average Bonchev–Trinajstić information content (AvgIpc) is 2.62. The summed E-state index contributed by atoms with van der Waals surface area (Å²) in [7, 11) is -0.971. The Bertz CT molecular complexity index is 461. The van der Waals surface area contributed by atoms with Gasteiger partial charge in [0, 0.05) is 10.9 Å². The largest absolute Gasteiger partial charge is 0.327 e. The first kappa shape index (κ1) is 15.7. The van der Waals surface area contributed by atoms with Crippen LogP contribution in [0, 0.1) is 0 Å². The first-order valence-electron chi connectivity index (χ1n) is 7.66. The lowest BCUT2D eigenvalue weighted by atomic mass is 9.87. The molecule has 2 rings (SSSR count). The van der Waals surface area contributed by atoms with Crippen LogP contribution in [0.1, 0.15) is 58.4 Å². The number of nitrogens with two attached hydrogens (primary N) is 1. The number of hydrogen-bond acceptors (Lipinski definition) is 2. The van der Waals surface area contributed by atoms with E-state index in [0.717, 1.165) is 24.2 Å². The van der Waals surface area contributed by atoms with E-state index in [2.05, 4.69) is 32.9 Å². The molecule has 0 spiro atoms. The van der Waals surface area contributed by atoms with Crippen LogP contribution in [0.5, 0.6) is 0 Å². The zero-order chi connectivity index (χ0) is 14.8. The van der Waals surface area contributed by atoms with Crippen molar-refractivity contribution in [3.63, 3.8) is 0 Å². The van der Waals surface area contributed by atoms with Gasteiger partial charge in [0.2, 0.25) is 0 Å². The summed E-state index contributed by atoms with van der Waals surface area (Å²) < 4.78 is 12.8. The molecular weight excluding hydrogens is 266 g/mol. The summed E-state index contributed by atoms with van der Waals surface area (Å²) in [5, 5.41) is 0.123. The highest BCUT2D eigenvalue weighted by molar-refractivity contribution is 7.85. The Kier molecular flexibility index (Phi) is 5.03. The van der Waals surface area contributed by atoms with Gasteiger partial charge in [-0.25, -0.2) is 0 Å². The molecule has 3 atom stereocenters. The van der Waals surface area contributed by atoms with Gasteiger partial charge in [0.05, 0.1) is 16.0 Å². The van der Waals surface area contributed by atoms with Gasteiger partial charge in [0.1, 0.15) is 0 Å². The fourth-order valence-corrected chi connectivity index (χ4v) is 4.42. The van der Waals surface area contributed by atoms with Crippen LogP contribution in [0.4, 0.5) is 0 Å². The maximum atomic E-state index is 12.8. The van der Waals surface area contributed by atoms with E-state index in [1.165, 1.54) is 18.4 Å². The average molecular weight is 293 g/mol. The van der Waals surface area contributed by atoms with E-state index in [9.17, 15) is 4.21 Å². The maximum absolute atomic E-state index is 12.8. The quantitative estimate of drug-likeness (QED) is 0.844. The van der Waals surface area contributed by atoms with Crippen molar-refractivity contribution in [3.05, 3.63) is 29.8 Å². The van der Waals surface area contributed by atoms with E-state index >= 15 is 0 Å². The van der Waals surface area contributed by atoms with Gasteiger partial charge in [-0.1, -0.05) is 52.2 Å². The topological polar surface area (TPSA) is 43.1 Å². The second-order valence-corrected chi connectivity index (χ2v) is 8.58. The molecule has 112 valence electrons. The Morgan fingerprint density at radius 3 is 2.25 bits per heavy atom. The van der Waals surface area contributed by atoms with Crippen molar-refractivity contribution in [1.82, 2.24) is 0 Å². The Hall–Kier alpha value is -0.670. The second kappa shape index (κ2) is 6.40. The highest BCUT2D eigenvalue weighted by Crippen LogP contribution is 2.27. The monoisotopic (exact) mass is 293 g/mol. The van der Waals surface area contributed by atoms with Gasteiger partial charge in [0.25, 0.3) is 0 Å². The van der Waals surface area contributed by atoms with Crippen LogP contribution >= 0.6 is 0 Å². The molecule has 2 N–H and O–H groups in total. The summed E-state index contributed by atoms with van der Waals surface area (Å²) in [5.74, 6) is 0. The SMILES string of the molecule is CC(C)(C)c1ccc(S(=O)C2CCCCCC2N)cc1. The van der Waals surface area contributed by atoms with Gasteiger partial charge in [0.15, 0.2) is 0 Å². The minimum atomic E-state index is -0.971. The standard InChI is InChI=1S/C17H27NOS/c1-17(2,3)13-9-11-14(12-10-13)20(19)16-8-6-4-5-7-15(16)18/h9-12,15-16H,4-8,18H2,1-3H3. The molecule has 2 nitrogen and oxygen atoms in total. The van der Waals surface area contributed by atoms with Crippen LogP contribution < -0.4 is 5.73 Å². The van der Waals surface area contributed by atoms with Crippen molar-refractivity contribution in [2.45, 2.75) is 74.5 Å². The molecule has 0 aliphatic heterocycles. The van der Waals surface area contributed by atoms with Gasteiger partial charge in [-0.2, -0.15) is 0 Å². The number of rotatable bonds is 2. The zero-order valence-corrected chi connectivity index (χ0v) is 13.7. The normalized spacial score (nSPS) is 26.0. The molecule has 20 heavy (non-hydrogen) atoms. The lowest BCUT2D eigenvalue weighted by Crippen LogP contribution is -2.36. The molecule has 1 aliphatic carbocycles. The van der Waals surface area contributed by atoms with E-state index in [4.69, 9.17) is 5.73 Å². The fraction of sp³-hybridized carbons (Fsp3) is 0.647. The van der Waals surface area contributed by atoms with Crippen LogP contribution in [0.3, 0.4) is 0 Å². The molecule has 0 aromatic heterocycles. The van der Waals surface area contributed by atoms with Crippen molar-refractivity contribution in [3.8, 4) is 0 Å². The third kappa shape index (κ3) is 3.70. The highest BCUT2D eigenvalue weighted by atomic mass is 32.2. The van der Waals surface area contributed by atoms with Crippen LogP contribution in [-0.2, 0) is 16.2 Å². The molecule has 0 radical (unpaired) electrons. The lowest BCUT2D eigenvalue weighted by molar-refractivity contribution is 0.574. The molecule has 1 saturated carbocycles. The van der Waals surface area contributed by atoms with Gasteiger partial charge in [-0.3, -0.25) is 4.21 Å². The summed E-state index contributed by atoms with van der Waals surface area (Å²) >= 11 is 0. The highest BCUT2D eigenvalue weighted by Gasteiger charge is 2.27. The Morgan fingerprint density at radius 1 is 1.05 bits per heavy atom. The van der Waals surface area contributed by atoms with Gasteiger partial charge in [-0.05, 0) is 36.0 Å². The molecule has 0 heterocycles. The van der Waals surface area contributed by atoms with E-state index in [1.54, 1.807) is 0 Å². The molecule has 0 bridgehead atoms.